The van der Waals surface area contributed by atoms with E-state index in [-0.39, 0.29) is 24.3 Å². The Hall–Kier alpha value is -3.04. The zero-order valence-corrected chi connectivity index (χ0v) is 21.4. The smallest absolute Gasteiger partial charge is 0.248 e. The summed E-state index contributed by atoms with van der Waals surface area (Å²) in [5, 5.41) is 16.2. The van der Waals surface area contributed by atoms with Crippen LogP contribution in [0.1, 0.15) is 31.4 Å². The molecule has 36 heavy (non-hydrogen) atoms. The SMILES string of the molecule is CNC(=O)[C@H]1[C@H]2C(=O)N([C@H](CO)c3ccccc3)C(C(=O)Nc3ccc(OC)cc3)C23CC[C@]1(C)S3. The highest BCUT2D eigenvalue weighted by Crippen LogP contribution is 2.72. The van der Waals surface area contributed by atoms with Gasteiger partial charge in [-0.2, -0.15) is 0 Å². The number of likely N-dealkylation sites (tertiary alicyclic amines) is 1. The highest BCUT2D eigenvalue weighted by molar-refractivity contribution is 8.02. The van der Waals surface area contributed by atoms with E-state index in [0.29, 0.717) is 17.9 Å². The number of rotatable bonds is 7. The van der Waals surface area contributed by atoms with Crippen molar-refractivity contribution < 1.29 is 24.2 Å². The number of aliphatic hydroxyl groups excluding tert-OH is 1. The Morgan fingerprint density at radius 1 is 1.14 bits per heavy atom. The number of hydrogen-bond donors (Lipinski definition) is 3. The van der Waals surface area contributed by atoms with Gasteiger partial charge in [-0.25, -0.2) is 0 Å². The third-order valence-corrected chi connectivity index (χ3v) is 10.0. The van der Waals surface area contributed by atoms with Crippen molar-refractivity contribution >= 4 is 35.2 Å². The summed E-state index contributed by atoms with van der Waals surface area (Å²) >= 11 is 1.60. The van der Waals surface area contributed by atoms with Gasteiger partial charge in [0.2, 0.25) is 17.7 Å². The van der Waals surface area contributed by atoms with Crippen LogP contribution < -0.4 is 15.4 Å². The molecule has 5 rings (SSSR count). The monoisotopic (exact) mass is 509 g/mol. The molecule has 3 aliphatic heterocycles. The van der Waals surface area contributed by atoms with E-state index in [1.807, 2.05) is 37.3 Å². The second-order valence-corrected chi connectivity index (χ2v) is 11.8. The predicted molar refractivity (Wildman–Crippen MR) is 138 cm³/mol. The summed E-state index contributed by atoms with van der Waals surface area (Å²) in [6.07, 6.45) is 1.37. The molecule has 3 aliphatic rings. The van der Waals surface area contributed by atoms with Gasteiger partial charge in [0, 0.05) is 17.5 Å². The summed E-state index contributed by atoms with van der Waals surface area (Å²) < 4.78 is 4.02. The number of ether oxygens (including phenoxy) is 1. The molecular formula is C27H31N3O5S. The van der Waals surface area contributed by atoms with Crippen LogP contribution in [0.5, 0.6) is 5.75 Å². The molecule has 190 valence electrons. The Kier molecular flexibility index (Phi) is 6.24. The van der Waals surface area contributed by atoms with Crippen molar-refractivity contribution in [1.29, 1.82) is 0 Å². The molecule has 1 spiro atoms. The maximum atomic E-state index is 14.2. The average molecular weight is 510 g/mol. The number of benzene rings is 2. The summed E-state index contributed by atoms with van der Waals surface area (Å²) in [4.78, 5) is 42.8. The fourth-order valence-corrected chi connectivity index (χ4v) is 8.81. The number of nitrogens with zero attached hydrogens (tertiary/aromatic N) is 1. The van der Waals surface area contributed by atoms with Crippen LogP contribution in [0.25, 0.3) is 0 Å². The molecule has 3 saturated heterocycles. The summed E-state index contributed by atoms with van der Waals surface area (Å²) in [6.45, 7) is 1.69. The lowest BCUT2D eigenvalue weighted by atomic mass is 9.66. The van der Waals surface area contributed by atoms with E-state index < -0.39 is 33.4 Å². The summed E-state index contributed by atoms with van der Waals surface area (Å²) in [7, 11) is 3.16. The van der Waals surface area contributed by atoms with Crippen LogP contribution >= 0.6 is 11.8 Å². The lowest BCUT2D eigenvalue weighted by Crippen LogP contribution is -2.52. The van der Waals surface area contributed by atoms with Gasteiger partial charge in [-0.1, -0.05) is 30.3 Å². The van der Waals surface area contributed by atoms with Gasteiger partial charge < -0.3 is 25.4 Å². The molecular weight excluding hydrogens is 478 g/mol. The molecule has 2 aromatic carbocycles. The molecule has 3 amide bonds. The van der Waals surface area contributed by atoms with Crippen molar-refractivity contribution in [3.05, 3.63) is 60.2 Å². The molecule has 2 bridgehead atoms. The fourth-order valence-electron chi connectivity index (χ4n) is 6.47. The van der Waals surface area contributed by atoms with Crippen molar-refractivity contribution in [2.24, 2.45) is 11.8 Å². The first-order valence-electron chi connectivity index (χ1n) is 12.1. The first kappa shape index (κ1) is 24.6. The summed E-state index contributed by atoms with van der Waals surface area (Å²) in [5.74, 6) is -1.28. The molecule has 0 radical (unpaired) electrons. The molecule has 8 nitrogen and oxygen atoms in total. The van der Waals surface area contributed by atoms with Gasteiger partial charge in [0.05, 0.1) is 36.3 Å². The third-order valence-electron chi connectivity index (χ3n) is 8.04. The van der Waals surface area contributed by atoms with E-state index >= 15 is 0 Å². The minimum absolute atomic E-state index is 0.179. The first-order chi connectivity index (χ1) is 17.3. The van der Waals surface area contributed by atoms with Crippen LogP contribution in [-0.2, 0) is 14.4 Å². The largest absolute Gasteiger partial charge is 0.497 e. The van der Waals surface area contributed by atoms with Crippen molar-refractivity contribution in [1.82, 2.24) is 10.2 Å². The van der Waals surface area contributed by atoms with E-state index in [1.165, 1.54) is 0 Å². The molecule has 0 aliphatic carbocycles. The van der Waals surface area contributed by atoms with Crippen LogP contribution in [0.4, 0.5) is 5.69 Å². The molecule has 3 N–H and O–H groups in total. The van der Waals surface area contributed by atoms with Gasteiger partial charge in [0.15, 0.2) is 0 Å². The van der Waals surface area contributed by atoms with Crippen molar-refractivity contribution in [3.63, 3.8) is 0 Å². The van der Waals surface area contributed by atoms with E-state index in [0.717, 1.165) is 12.0 Å². The molecule has 9 heteroatoms. The normalized spacial score (nSPS) is 31.2. The predicted octanol–water partition coefficient (Wildman–Crippen LogP) is 2.59. The molecule has 0 aromatic heterocycles. The number of carbonyl (C=O) groups excluding carboxylic acids is 3. The van der Waals surface area contributed by atoms with E-state index in [2.05, 4.69) is 10.6 Å². The standard InChI is InChI=1S/C27H31N3O5S/c1-26-13-14-27(36-26)21(20(26)23(32)28-2)25(34)30(19(15-31)16-7-5-4-6-8-16)22(27)24(33)29-17-9-11-18(35-3)12-10-17/h4-12,19-22,31H,13-15H2,1-3H3,(H,28,32)(H,29,33)/t19-,20-,21+,22?,26+,27?/m1/s1. The number of aliphatic hydroxyl groups is 1. The Bertz CT molecular complexity index is 1180. The topological polar surface area (TPSA) is 108 Å². The molecule has 3 fully saturated rings. The van der Waals surface area contributed by atoms with Crippen LogP contribution in [0.15, 0.2) is 54.6 Å². The van der Waals surface area contributed by atoms with Crippen LogP contribution in [-0.4, -0.2) is 64.0 Å². The lowest BCUT2D eigenvalue weighted by molar-refractivity contribution is -0.142. The maximum absolute atomic E-state index is 14.2. The molecule has 3 heterocycles. The van der Waals surface area contributed by atoms with Crippen LogP contribution in [0.2, 0.25) is 0 Å². The molecule has 2 unspecified atom stereocenters. The zero-order chi connectivity index (χ0) is 25.7. The molecule has 6 atom stereocenters. The number of amides is 3. The van der Waals surface area contributed by atoms with Gasteiger partial charge in [-0.15, -0.1) is 11.8 Å². The highest BCUT2D eigenvalue weighted by Gasteiger charge is 2.77. The minimum atomic E-state index is -0.851. The van der Waals surface area contributed by atoms with Crippen LogP contribution in [0, 0.1) is 11.8 Å². The second kappa shape index (κ2) is 9.12. The lowest BCUT2D eigenvalue weighted by Gasteiger charge is -2.37. The van der Waals surface area contributed by atoms with E-state index in [1.54, 1.807) is 55.1 Å². The first-order valence-corrected chi connectivity index (χ1v) is 13.0. The summed E-state index contributed by atoms with van der Waals surface area (Å²) in [6, 6.07) is 14.7. The number of fused-ring (bicyclic) bond motifs is 1. The number of thioether (sulfide) groups is 1. The number of carbonyl (C=O) groups is 3. The van der Waals surface area contributed by atoms with Gasteiger partial charge in [-0.05, 0) is 49.6 Å². The minimum Gasteiger partial charge on any atom is -0.497 e. The Balaban J connectivity index is 1.59. The highest BCUT2D eigenvalue weighted by atomic mass is 32.2. The van der Waals surface area contributed by atoms with E-state index in [9.17, 15) is 19.5 Å². The van der Waals surface area contributed by atoms with E-state index in [4.69, 9.17) is 4.74 Å². The average Bonchev–Trinajstić information content (AvgIpc) is 3.46. The Morgan fingerprint density at radius 3 is 2.44 bits per heavy atom. The van der Waals surface area contributed by atoms with Crippen molar-refractivity contribution in [2.45, 2.75) is 41.3 Å². The Labute approximate surface area is 214 Å². The number of methoxy groups -OCH3 is 1. The Morgan fingerprint density at radius 2 is 1.83 bits per heavy atom. The molecule has 2 aromatic rings. The van der Waals surface area contributed by atoms with Gasteiger partial charge in [0.1, 0.15) is 11.8 Å². The van der Waals surface area contributed by atoms with Gasteiger partial charge in [-0.3, -0.25) is 14.4 Å². The summed E-state index contributed by atoms with van der Waals surface area (Å²) in [5.41, 5.74) is 1.33. The van der Waals surface area contributed by atoms with Gasteiger partial charge in [0.25, 0.3) is 0 Å². The fraction of sp³-hybridized carbons (Fsp3) is 0.444. The zero-order valence-electron chi connectivity index (χ0n) is 20.6. The van der Waals surface area contributed by atoms with Gasteiger partial charge >= 0.3 is 0 Å². The molecule has 0 saturated carbocycles. The maximum Gasteiger partial charge on any atom is 0.248 e. The van der Waals surface area contributed by atoms with Crippen molar-refractivity contribution in [3.8, 4) is 5.75 Å². The number of anilines is 1. The number of nitrogens with one attached hydrogen (secondary N) is 2. The number of hydrogen-bond acceptors (Lipinski definition) is 6. The van der Waals surface area contributed by atoms with Crippen LogP contribution in [0.3, 0.4) is 0 Å². The van der Waals surface area contributed by atoms with Crippen molar-refractivity contribution in [2.75, 3.05) is 26.1 Å². The quantitative estimate of drug-likeness (QED) is 0.530. The second-order valence-electron chi connectivity index (χ2n) is 9.91. The third kappa shape index (κ3) is 3.59.